The summed E-state index contributed by atoms with van der Waals surface area (Å²) in [5.41, 5.74) is 10.5. The number of rotatable bonds is 1. The number of hydrogen-bond acceptors (Lipinski definition) is 6. The van der Waals surface area contributed by atoms with Crippen molar-refractivity contribution in [1.29, 1.82) is 0 Å². The van der Waals surface area contributed by atoms with Crippen molar-refractivity contribution in [3.8, 4) is 0 Å². The fraction of sp³-hybridized carbons (Fsp3) is 0.200. The summed E-state index contributed by atoms with van der Waals surface area (Å²) in [6.07, 6.45) is 2.12. The van der Waals surface area contributed by atoms with E-state index in [1.807, 2.05) is 0 Å². The summed E-state index contributed by atoms with van der Waals surface area (Å²) < 4.78 is 21.9. The molecule has 0 bridgehead atoms. The Morgan fingerprint density at radius 1 is 1.42 bits per heavy atom. The predicted octanol–water partition coefficient (Wildman–Crippen LogP) is -0.955. The van der Waals surface area contributed by atoms with Crippen LogP contribution in [0.1, 0.15) is 0 Å². The predicted molar refractivity (Wildman–Crippen MR) is 44.0 cm³/mol. The molecule has 1 rings (SSSR count). The van der Waals surface area contributed by atoms with Gasteiger partial charge in [-0.1, -0.05) is 0 Å². The van der Waals surface area contributed by atoms with E-state index in [0.717, 1.165) is 12.5 Å². The van der Waals surface area contributed by atoms with Crippen LogP contribution in [-0.4, -0.2) is 24.6 Å². The van der Waals surface area contributed by atoms with E-state index in [9.17, 15) is 8.42 Å². The minimum Gasteiger partial charge on any atom is -0.382 e. The summed E-state index contributed by atoms with van der Waals surface area (Å²) in [6.45, 7) is 0. The highest BCUT2D eigenvalue weighted by Crippen LogP contribution is 2.14. The van der Waals surface area contributed by atoms with Crippen molar-refractivity contribution in [2.75, 3.05) is 17.7 Å². The summed E-state index contributed by atoms with van der Waals surface area (Å²) >= 11 is 0. The molecule has 6 nitrogen and oxygen atoms in total. The topological polar surface area (TPSA) is 112 Å². The minimum atomic E-state index is -3.36. The van der Waals surface area contributed by atoms with Crippen LogP contribution in [0, 0.1) is 0 Å². The second-order valence-electron chi connectivity index (χ2n) is 2.25. The van der Waals surface area contributed by atoms with Gasteiger partial charge in [0.05, 0.1) is 6.20 Å². The zero-order chi connectivity index (χ0) is 9.35. The quantitative estimate of drug-likeness (QED) is 0.587. The molecule has 0 unspecified atom stereocenters. The molecule has 66 valence electrons. The molecule has 0 saturated carbocycles. The average Bonchev–Trinajstić information content (AvgIpc) is 1.83. The molecular formula is C5H8N4O2S. The van der Waals surface area contributed by atoms with Crippen LogP contribution in [0.15, 0.2) is 11.1 Å². The number of nitrogens with two attached hydrogens (primary N) is 2. The van der Waals surface area contributed by atoms with Crippen molar-refractivity contribution in [2.45, 2.75) is 4.90 Å². The molecule has 12 heavy (non-hydrogen) atoms. The molecular weight excluding hydrogens is 180 g/mol. The van der Waals surface area contributed by atoms with Crippen LogP contribution < -0.4 is 11.5 Å². The highest BCUT2D eigenvalue weighted by Gasteiger charge is 2.12. The molecule has 0 aromatic carbocycles. The van der Waals surface area contributed by atoms with Crippen LogP contribution >= 0.6 is 0 Å². The molecule has 0 amide bonds. The molecule has 0 radical (unpaired) electrons. The third kappa shape index (κ3) is 1.62. The van der Waals surface area contributed by atoms with Crippen LogP contribution in [0.4, 0.5) is 11.8 Å². The molecule has 4 N–H and O–H groups in total. The SMILES string of the molecule is CS(=O)(=O)c1cnc(N)nc1N. The van der Waals surface area contributed by atoms with Crippen LogP contribution in [0.2, 0.25) is 0 Å². The summed E-state index contributed by atoms with van der Waals surface area (Å²) in [4.78, 5) is 6.92. The average molecular weight is 188 g/mol. The standard InChI is InChI=1S/C5H8N4O2S/c1-12(10,11)3-2-8-5(7)9-4(3)6/h2H,1H3,(H4,6,7,8,9). The lowest BCUT2D eigenvalue weighted by Crippen LogP contribution is -2.07. The van der Waals surface area contributed by atoms with Gasteiger partial charge in [-0.2, -0.15) is 4.98 Å². The first-order valence-corrected chi connectivity index (χ1v) is 4.88. The van der Waals surface area contributed by atoms with Gasteiger partial charge in [-0.3, -0.25) is 0 Å². The van der Waals surface area contributed by atoms with Gasteiger partial charge in [-0.15, -0.1) is 0 Å². The van der Waals surface area contributed by atoms with Crippen LogP contribution in [0.25, 0.3) is 0 Å². The van der Waals surface area contributed by atoms with Gasteiger partial charge in [0.2, 0.25) is 5.95 Å². The number of anilines is 2. The van der Waals surface area contributed by atoms with Crippen LogP contribution in [0.3, 0.4) is 0 Å². The number of nitrogens with zero attached hydrogens (tertiary/aromatic N) is 2. The van der Waals surface area contributed by atoms with Crippen molar-refractivity contribution >= 4 is 21.6 Å². The zero-order valence-corrected chi connectivity index (χ0v) is 7.17. The van der Waals surface area contributed by atoms with E-state index >= 15 is 0 Å². The Bertz CT molecular complexity index is 400. The van der Waals surface area contributed by atoms with Crippen molar-refractivity contribution in [1.82, 2.24) is 9.97 Å². The molecule has 1 aromatic rings. The Kier molecular flexibility index (Phi) is 1.89. The zero-order valence-electron chi connectivity index (χ0n) is 6.35. The molecule has 1 heterocycles. The molecule has 0 fully saturated rings. The first-order valence-electron chi connectivity index (χ1n) is 2.99. The lowest BCUT2D eigenvalue weighted by atomic mass is 10.6. The van der Waals surface area contributed by atoms with Gasteiger partial charge in [0.15, 0.2) is 9.84 Å². The molecule has 0 saturated heterocycles. The van der Waals surface area contributed by atoms with Gasteiger partial charge in [0.1, 0.15) is 10.7 Å². The minimum absolute atomic E-state index is 0.0418. The second kappa shape index (κ2) is 2.59. The van der Waals surface area contributed by atoms with E-state index in [-0.39, 0.29) is 16.7 Å². The molecule has 1 aromatic heterocycles. The monoisotopic (exact) mass is 188 g/mol. The Labute approximate surface area is 69.5 Å². The number of aromatic nitrogens is 2. The smallest absolute Gasteiger partial charge is 0.221 e. The second-order valence-corrected chi connectivity index (χ2v) is 4.23. The molecule has 7 heteroatoms. The maximum Gasteiger partial charge on any atom is 0.221 e. The Hall–Kier alpha value is -1.37. The van der Waals surface area contributed by atoms with Crippen molar-refractivity contribution in [3.63, 3.8) is 0 Å². The molecule has 0 spiro atoms. The van der Waals surface area contributed by atoms with Crippen LogP contribution in [-0.2, 0) is 9.84 Å². The normalized spacial score (nSPS) is 11.4. The van der Waals surface area contributed by atoms with E-state index in [1.165, 1.54) is 0 Å². The summed E-state index contributed by atoms with van der Waals surface area (Å²) in [5.74, 6) is -0.162. The van der Waals surface area contributed by atoms with Gasteiger partial charge in [0, 0.05) is 6.26 Å². The number of nitrogen functional groups attached to an aromatic ring is 2. The Morgan fingerprint density at radius 2 is 2.00 bits per heavy atom. The highest BCUT2D eigenvalue weighted by molar-refractivity contribution is 7.90. The third-order valence-electron chi connectivity index (χ3n) is 1.20. The molecule has 0 aliphatic heterocycles. The maximum atomic E-state index is 11.0. The lowest BCUT2D eigenvalue weighted by molar-refractivity contribution is 0.601. The van der Waals surface area contributed by atoms with Crippen molar-refractivity contribution in [3.05, 3.63) is 6.20 Å². The van der Waals surface area contributed by atoms with E-state index in [4.69, 9.17) is 11.5 Å². The molecule has 0 aliphatic carbocycles. The van der Waals surface area contributed by atoms with Gasteiger partial charge in [-0.05, 0) is 0 Å². The third-order valence-corrected chi connectivity index (χ3v) is 2.31. The van der Waals surface area contributed by atoms with Gasteiger partial charge in [0.25, 0.3) is 0 Å². The Balaban J connectivity index is 3.39. The first kappa shape index (κ1) is 8.72. The van der Waals surface area contributed by atoms with E-state index in [2.05, 4.69) is 9.97 Å². The fourth-order valence-electron chi connectivity index (χ4n) is 0.684. The lowest BCUT2D eigenvalue weighted by Gasteiger charge is -2.00. The van der Waals surface area contributed by atoms with E-state index in [0.29, 0.717) is 0 Å². The van der Waals surface area contributed by atoms with E-state index < -0.39 is 9.84 Å². The van der Waals surface area contributed by atoms with Gasteiger partial charge >= 0.3 is 0 Å². The maximum absolute atomic E-state index is 11.0. The molecule has 0 atom stereocenters. The van der Waals surface area contributed by atoms with Crippen LogP contribution in [0.5, 0.6) is 0 Å². The summed E-state index contributed by atoms with van der Waals surface area (Å²) in [5, 5.41) is 0. The largest absolute Gasteiger partial charge is 0.382 e. The summed E-state index contributed by atoms with van der Waals surface area (Å²) in [6, 6.07) is 0. The van der Waals surface area contributed by atoms with Crippen molar-refractivity contribution < 1.29 is 8.42 Å². The first-order chi connectivity index (χ1) is 5.41. The van der Waals surface area contributed by atoms with Gasteiger partial charge in [-0.25, -0.2) is 13.4 Å². The number of sulfone groups is 1. The summed E-state index contributed by atoms with van der Waals surface area (Å²) in [7, 11) is -3.36. The molecule has 0 aliphatic rings. The Morgan fingerprint density at radius 3 is 2.42 bits per heavy atom. The van der Waals surface area contributed by atoms with Gasteiger partial charge < -0.3 is 11.5 Å². The number of hydrogen-bond donors (Lipinski definition) is 2. The highest BCUT2D eigenvalue weighted by atomic mass is 32.2. The van der Waals surface area contributed by atoms with Crippen molar-refractivity contribution in [2.24, 2.45) is 0 Å². The van der Waals surface area contributed by atoms with E-state index in [1.54, 1.807) is 0 Å². The fourth-order valence-corrected chi connectivity index (χ4v) is 1.35.